The Morgan fingerprint density at radius 1 is 0.531 bits per heavy atom. The van der Waals surface area contributed by atoms with E-state index in [2.05, 4.69) is 9.97 Å². The van der Waals surface area contributed by atoms with E-state index in [4.69, 9.17) is 16.4 Å². The fraction of sp³-hybridized carbons (Fsp3) is 0.378. The molecule has 8 aromatic rings. The van der Waals surface area contributed by atoms with Gasteiger partial charge in [-0.15, -0.1) is 0 Å². The average Bonchev–Trinajstić information content (AvgIpc) is 0.901. The van der Waals surface area contributed by atoms with Gasteiger partial charge >= 0.3 is 12.4 Å². The summed E-state index contributed by atoms with van der Waals surface area (Å²) in [6.07, 6.45) is -6.87. The van der Waals surface area contributed by atoms with Crippen molar-refractivity contribution < 1.29 is 66.6 Å². The Morgan fingerprint density at radius 2 is 0.948 bits per heavy atom. The van der Waals surface area contributed by atoms with Crippen LogP contribution in [0.1, 0.15) is 129 Å². The van der Waals surface area contributed by atoms with Crippen LogP contribution in [0.5, 0.6) is 0 Å². The Labute approximate surface area is 586 Å². The smallest absolute Gasteiger partial charge is 0.336 e. The Balaban J connectivity index is 0.000000257. The Kier molecular flexibility index (Phi) is 18.2. The number of hydrogen-bond donors (Lipinski definition) is 0. The lowest BCUT2D eigenvalue weighted by Crippen LogP contribution is -2.40. The number of rotatable bonds is 26. The first-order valence-electron chi connectivity index (χ1n) is 39.0. The van der Waals surface area contributed by atoms with Crippen LogP contribution in [0.3, 0.4) is 0 Å². The summed E-state index contributed by atoms with van der Waals surface area (Å²) >= 11 is 1.02. The molecular formula is C74H80F8N8O4S2. The molecule has 0 aliphatic heterocycles. The van der Waals surface area contributed by atoms with Crippen molar-refractivity contribution in [1.29, 1.82) is 0 Å². The lowest BCUT2D eigenvalue weighted by atomic mass is 9.97. The van der Waals surface area contributed by atoms with E-state index in [-0.39, 0.29) is 98.5 Å². The summed E-state index contributed by atoms with van der Waals surface area (Å²) in [7, 11) is 0. The number of likely N-dealkylation sites (N-methyl/N-ethyl adjacent to an activating group) is 2. The van der Waals surface area contributed by atoms with Gasteiger partial charge in [0.1, 0.15) is 24.7 Å². The quantitative estimate of drug-likeness (QED) is 0.0295. The predicted octanol–water partition coefficient (Wildman–Crippen LogP) is 15.1. The van der Waals surface area contributed by atoms with E-state index in [1.54, 1.807) is 13.8 Å². The Morgan fingerprint density at radius 3 is 1.38 bits per heavy atom. The maximum Gasteiger partial charge on any atom is 0.416 e. The van der Waals surface area contributed by atoms with Crippen LogP contribution < -0.4 is 11.1 Å². The van der Waals surface area contributed by atoms with Crippen molar-refractivity contribution in [3.63, 3.8) is 0 Å². The van der Waals surface area contributed by atoms with E-state index in [0.717, 1.165) is 82.6 Å². The monoisotopic (exact) mass is 1380 g/mol. The standard InChI is InChI=1S/2C37H40F4N4O2S/c2*1-4-43(5-2)19-20-44(22-27-11-18-31(25(3)21-27)28-12-14-29(15-13-28)37(39,40)41)34(46)23-45-33-8-6-7-32(33)35(47)42-36(45)48-24-26-9-16-30(38)17-10-26/h2*9-18,21H,4-8,19-20,22-24H2,1-3H3/i11D,18D,19D2,20D2,21D,24D2;11D,18D,21D,22D2,24D2. The fourth-order valence-corrected chi connectivity index (χ4v) is 12.3. The van der Waals surface area contributed by atoms with Crippen molar-refractivity contribution in [1.82, 2.24) is 38.7 Å². The highest BCUT2D eigenvalue weighted by Crippen LogP contribution is 2.35. The number of aromatic nitrogens is 4. The molecule has 2 aliphatic carbocycles. The van der Waals surface area contributed by atoms with Crippen molar-refractivity contribution in [2.45, 2.75) is 140 Å². The summed E-state index contributed by atoms with van der Waals surface area (Å²) in [6.45, 7) is -0.313. The first kappa shape index (κ1) is 53.2. The van der Waals surface area contributed by atoms with Crippen LogP contribution in [-0.2, 0) is 85.2 Å². The molecular weight excluding hydrogens is 1280 g/mol. The van der Waals surface area contributed by atoms with Crippen LogP contribution >= 0.6 is 23.5 Å². The van der Waals surface area contributed by atoms with Gasteiger partial charge in [0.2, 0.25) is 11.8 Å². The maximum atomic E-state index is 14.7. The molecule has 0 spiro atoms. The average molecular weight is 1380 g/mol. The zero-order valence-electron chi connectivity index (χ0n) is 69.4. The third-order valence-electron chi connectivity index (χ3n) is 16.1. The van der Waals surface area contributed by atoms with Gasteiger partial charge in [-0.2, -0.15) is 36.3 Å². The largest absolute Gasteiger partial charge is 0.416 e. The zero-order valence-corrected chi connectivity index (χ0v) is 55.0. The van der Waals surface area contributed by atoms with E-state index < -0.39 is 150 Å². The number of carbonyl (C=O) groups excluding carboxylic acids is 2. The summed E-state index contributed by atoms with van der Waals surface area (Å²) in [5.41, 5.74) is -6.73. The number of alkyl halides is 6. The van der Waals surface area contributed by atoms with Crippen LogP contribution in [0.25, 0.3) is 22.3 Å². The van der Waals surface area contributed by atoms with E-state index in [9.17, 15) is 59.8 Å². The van der Waals surface area contributed by atoms with Gasteiger partial charge in [0.05, 0.1) is 24.8 Å². The second-order valence-corrected chi connectivity index (χ2v) is 23.9. The molecule has 0 N–H and O–H groups in total. The molecule has 2 heterocycles. The van der Waals surface area contributed by atoms with Crippen molar-refractivity contribution in [2.24, 2.45) is 0 Å². The molecule has 10 rings (SSSR count). The van der Waals surface area contributed by atoms with Crippen molar-refractivity contribution in [3.05, 3.63) is 233 Å². The third kappa shape index (κ3) is 18.8. The maximum absolute atomic E-state index is 14.7. The highest BCUT2D eigenvalue weighted by atomic mass is 32.2. The summed E-state index contributed by atoms with van der Waals surface area (Å²) in [5, 5.41) is -0.395. The molecule has 0 saturated heterocycles. The van der Waals surface area contributed by atoms with Gasteiger partial charge in [0, 0.05) is 81.3 Å². The molecule has 0 bridgehead atoms. The summed E-state index contributed by atoms with van der Waals surface area (Å²) in [5.74, 6) is -3.11. The molecule has 0 radical (unpaired) electrons. The van der Waals surface area contributed by atoms with Gasteiger partial charge in [0.25, 0.3) is 11.1 Å². The molecule has 22 heteroatoms. The molecule has 0 atom stereocenters. The number of hydrogen-bond acceptors (Lipinski definition) is 10. The SMILES string of the molecule is [2H]c1c([2H])c(-c2ccc(C(F)(F)F)cc2)c(C)c([2H])c1CN(C(=O)Cn1c(SC([2H])([2H])c2ccc(F)cc2)nc(=O)c2c1CCC2)C([2H])([2H])C([2H])([2H])N(CC)CC.[2H]c1c([2H])c(C([2H])([2H])N(CCN(CC)CC)C(=O)Cn2c(SC([2H])([2H])c3ccc(F)cc3)nc(=O)c3c2CCC3)c([2H])c(C)c1-c1ccc(C(F)(F)F)cc1. The van der Waals surface area contributed by atoms with E-state index >= 15 is 0 Å². The van der Waals surface area contributed by atoms with Crippen LogP contribution in [0.4, 0.5) is 35.1 Å². The van der Waals surface area contributed by atoms with Gasteiger partial charge < -0.3 is 28.7 Å². The van der Waals surface area contributed by atoms with Crippen LogP contribution in [0.15, 0.2) is 153 Å². The highest BCUT2D eigenvalue weighted by Gasteiger charge is 2.32. The van der Waals surface area contributed by atoms with Crippen LogP contribution in [0.2, 0.25) is 0 Å². The number of thioether (sulfide) groups is 2. The highest BCUT2D eigenvalue weighted by molar-refractivity contribution is 7.98. The second-order valence-electron chi connectivity index (χ2n) is 22.4. The third-order valence-corrected chi connectivity index (χ3v) is 17.7. The van der Waals surface area contributed by atoms with E-state index in [1.807, 2.05) is 18.7 Å². The summed E-state index contributed by atoms with van der Waals surface area (Å²) in [4.78, 5) is 68.2. The number of benzene rings is 6. The van der Waals surface area contributed by atoms with Gasteiger partial charge in [-0.3, -0.25) is 19.2 Å². The minimum Gasteiger partial charge on any atom is -0.336 e. The molecule has 6 aromatic carbocycles. The number of nitrogens with zero attached hydrogens (tertiary/aromatic N) is 8. The van der Waals surface area contributed by atoms with Gasteiger partial charge in [0.15, 0.2) is 10.3 Å². The minimum atomic E-state index is -4.63. The lowest BCUT2D eigenvalue weighted by molar-refractivity contribution is -0.138. The van der Waals surface area contributed by atoms with Crippen molar-refractivity contribution in [3.8, 4) is 22.3 Å². The Bertz CT molecular complexity index is 4900. The normalized spacial score (nSPS) is 16.0. The minimum absolute atomic E-state index is 0.0173. The summed E-state index contributed by atoms with van der Waals surface area (Å²) in [6, 6.07) is 13.7. The number of halogens is 8. The summed E-state index contributed by atoms with van der Waals surface area (Å²) < 4.78 is 253. The van der Waals surface area contributed by atoms with E-state index in [0.29, 0.717) is 90.6 Å². The zero-order chi connectivity index (χ0) is 83.0. The number of fused-ring (bicyclic) bond motifs is 2. The molecule has 508 valence electrons. The molecule has 2 aromatic heterocycles. The van der Waals surface area contributed by atoms with Crippen molar-refractivity contribution >= 4 is 35.3 Å². The van der Waals surface area contributed by atoms with Gasteiger partial charge in [-0.05, 0) is 183 Å². The second kappa shape index (κ2) is 32.9. The topological polar surface area (TPSA) is 117 Å². The molecule has 96 heavy (non-hydrogen) atoms. The predicted molar refractivity (Wildman–Crippen MR) is 363 cm³/mol. The first-order valence-corrected chi connectivity index (χ1v) is 32.6. The van der Waals surface area contributed by atoms with Gasteiger partial charge in [-0.25, -0.2) is 8.78 Å². The number of amides is 2. The number of carbonyl (C=O) groups is 2. The molecule has 0 unspecified atom stereocenters. The molecule has 12 nitrogen and oxygen atoms in total. The molecule has 2 aliphatic rings. The molecule has 0 saturated carbocycles. The van der Waals surface area contributed by atoms with Gasteiger partial charge in [-0.1, -0.05) is 136 Å². The Hall–Kier alpha value is -7.92. The van der Waals surface area contributed by atoms with Crippen LogP contribution in [0, 0.1) is 25.5 Å². The fourth-order valence-electron chi connectivity index (χ4n) is 10.8. The molecule has 2 amide bonds. The lowest BCUT2D eigenvalue weighted by Gasteiger charge is -2.28. The van der Waals surface area contributed by atoms with Crippen molar-refractivity contribution in [2.75, 3.05) is 52.3 Å². The van der Waals surface area contributed by atoms with E-state index in [1.165, 1.54) is 47.2 Å². The first-order chi connectivity index (χ1) is 52.2. The van der Waals surface area contributed by atoms with Crippen LogP contribution in [-0.4, -0.2) is 103 Å². The molecule has 0 fully saturated rings.